The minimum Gasteiger partial charge on any atom is -0.293 e. The second-order valence-electron chi connectivity index (χ2n) is 5.74. The van der Waals surface area contributed by atoms with Gasteiger partial charge in [0.15, 0.2) is 0 Å². The van der Waals surface area contributed by atoms with Crippen molar-refractivity contribution in [1.82, 2.24) is 10.4 Å². The first-order valence-electron chi connectivity index (χ1n) is 6.54. The van der Waals surface area contributed by atoms with E-state index in [0.717, 1.165) is 30.5 Å². The summed E-state index contributed by atoms with van der Waals surface area (Å²) in [6.45, 7) is 3.88. The summed E-state index contributed by atoms with van der Waals surface area (Å²) in [5, 5.41) is 8.64. The molecule has 5 heteroatoms. The second-order valence-corrected chi connectivity index (χ2v) is 5.74. The molecule has 19 heavy (non-hydrogen) atoms. The standard InChI is InChI=1S/C14H17FN2O2/c1-14-3-2-4-17(14)8-10-5-9(13(18)16-19)6-12(15)11(10)7-14/h5-6,19H,2-4,7-8H2,1H3,(H,16,18)/t14-/m1/s1. The lowest BCUT2D eigenvalue weighted by atomic mass is 9.83. The van der Waals surface area contributed by atoms with Crippen LogP contribution in [0.15, 0.2) is 12.1 Å². The molecule has 0 unspecified atom stereocenters. The van der Waals surface area contributed by atoms with E-state index in [0.29, 0.717) is 13.0 Å². The lowest BCUT2D eigenvalue weighted by Crippen LogP contribution is -2.46. The van der Waals surface area contributed by atoms with Gasteiger partial charge >= 0.3 is 0 Å². The zero-order valence-electron chi connectivity index (χ0n) is 10.9. The normalized spacial score (nSPS) is 25.8. The van der Waals surface area contributed by atoms with Crippen LogP contribution in [0, 0.1) is 5.82 Å². The molecule has 1 atom stereocenters. The van der Waals surface area contributed by atoms with Gasteiger partial charge in [0, 0.05) is 17.6 Å². The number of hydroxylamine groups is 1. The summed E-state index contributed by atoms with van der Waals surface area (Å²) in [5.74, 6) is -1.01. The highest BCUT2D eigenvalue weighted by Gasteiger charge is 2.41. The topological polar surface area (TPSA) is 52.6 Å². The highest BCUT2D eigenvalue weighted by atomic mass is 19.1. The van der Waals surface area contributed by atoms with Crippen LogP contribution < -0.4 is 5.48 Å². The van der Waals surface area contributed by atoms with Crippen LogP contribution in [0.5, 0.6) is 0 Å². The molecule has 102 valence electrons. The third kappa shape index (κ3) is 1.93. The van der Waals surface area contributed by atoms with Crippen LogP contribution in [0.3, 0.4) is 0 Å². The predicted octanol–water partition coefficient (Wildman–Crippen LogP) is 1.86. The molecule has 2 aliphatic rings. The number of carbonyl (C=O) groups is 1. The number of carbonyl (C=O) groups excluding carboxylic acids is 1. The third-order valence-electron chi connectivity index (χ3n) is 4.48. The monoisotopic (exact) mass is 264 g/mol. The van der Waals surface area contributed by atoms with Gasteiger partial charge in [0.1, 0.15) is 5.82 Å². The SMILES string of the molecule is C[C@]12CCCN1Cc1cc(C(=O)NO)cc(F)c1C2. The molecule has 0 aliphatic carbocycles. The number of nitrogens with zero attached hydrogens (tertiary/aromatic N) is 1. The molecule has 2 heterocycles. The number of hydrogen-bond acceptors (Lipinski definition) is 3. The van der Waals surface area contributed by atoms with Crippen molar-refractivity contribution >= 4 is 5.91 Å². The van der Waals surface area contributed by atoms with Crippen LogP contribution in [0.25, 0.3) is 0 Å². The number of benzene rings is 1. The molecule has 1 aromatic rings. The average Bonchev–Trinajstić information content (AvgIpc) is 2.76. The van der Waals surface area contributed by atoms with E-state index >= 15 is 0 Å². The maximum atomic E-state index is 14.2. The molecule has 0 bridgehead atoms. The van der Waals surface area contributed by atoms with Gasteiger partial charge in [-0.15, -0.1) is 0 Å². The smallest absolute Gasteiger partial charge is 0.274 e. The Labute approximate surface area is 111 Å². The first-order chi connectivity index (χ1) is 9.03. The fourth-order valence-corrected chi connectivity index (χ4v) is 3.36. The fraction of sp³-hybridized carbons (Fsp3) is 0.500. The van der Waals surface area contributed by atoms with Gasteiger partial charge in [-0.1, -0.05) is 0 Å². The van der Waals surface area contributed by atoms with Crippen molar-refractivity contribution in [3.63, 3.8) is 0 Å². The van der Waals surface area contributed by atoms with Crippen LogP contribution in [-0.2, 0) is 13.0 Å². The van der Waals surface area contributed by atoms with Gasteiger partial charge in [-0.3, -0.25) is 14.9 Å². The zero-order chi connectivity index (χ0) is 13.6. The minimum atomic E-state index is -0.670. The van der Waals surface area contributed by atoms with Crippen molar-refractivity contribution in [2.45, 2.75) is 38.3 Å². The first-order valence-corrected chi connectivity index (χ1v) is 6.54. The van der Waals surface area contributed by atoms with Gasteiger partial charge in [-0.05, 0) is 56.0 Å². The summed E-state index contributed by atoms with van der Waals surface area (Å²) in [6.07, 6.45) is 2.91. The second kappa shape index (κ2) is 4.28. The van der Waals surface area contributed by atoms with Gasteiger partial charge < -0.3 is 0 Å². The Morgan fingerprint density at radius 2 is 2.32 bits per heavy atom. The minimum absolute atomic E-state index is 0.0502. The Hall–Kier alpha value is -1.46. The number of amides is 1. The number of rotatable bonds is 1. The summed E-state index contributed by atoms with van der Waals surface area (Å²) in [7, 11) is 0. The quantitative estimate of drug-likeness (QED) is 0.601. The molecule has 0 saturated carbocycles. The molecular weight excluding hydrogens is 247 g/mol. The molecule has 2 aliphatic heterocycles. The summed E-state index contributed by atoms with van der Waals surface area (Å²) < 4.78 is 14.2. The van der Waals surface area contributed by atoms with E-state index in [2.05, 4.69) is 11.8 Å². The van der Waals surface area contributed by atoms with Gasteiger partial charge in [0.2, 0.25) is 0 Å². The number of hydrogen-bond donors (Lipinski definition) is 2. The molecule has 0 aromatic heterocycles. The van der Waals surface area contributed by atoms with Crippen LogP contribution in [-0.4, -0.2) is 28.1 Å². The van der Waals surface area contributed by atoms with Crippen LogP contribution in [0.1, 0.15) is 41.3 Å². The van der Waals surface area contributed by atoms with Crippen molar-refractivity contribution in [1.29, 1.82) is 0 Å². The van der Waals surface area contributed by atoms with Crippen LogP contribution in [0.2, 0.25) is 0 Å². The number of halogens is 1. The van der Waals surface area contributed by atoms with Crippen molar-refractivity contribution < 1.29 is 14.4 Å². The Morgan fingerprint density at radius 3 is 3.05 bits per heavy atom. The van der Waals surface area contributed by atoms with E-state index in [9.17, 15) is 9.18 Å². The van der Waals surface area contributed by atoms with Gasteiger partial charge in [0.25, 0.3) is 5.91 Å². The van der Waals surface area contributed by atoms with Gasteiger partial charge in [0.05, 0.1) is 0 Å². The molecule has 1 saturated heterocycles. The highest BCUT2D eigenvalue weighted by molar-refractivity contribution is 5.93. The van der Waals surface area contributed by atoms with Crippen molar-refractivity contribution in [3.8, 4) is 0 Å². The summed E-state index contributed by atoms with van der Waals surface area (Å²) in [4.78, 5) is 13.8. The molecule has 2 N–H and O–H groups in total. The molecular formula is C14H17FN2O2. The van der Waals surface area contributed by atoms with E-state index in [1.165, 1.54) is 6.07 Å². The predicted molar refractivity (Wildman–Crippen MR) is 67.4 cm³/mol. The van der Waals surface area contributed by atoms with Crippen LogP contribution in [0.4, 0.5) is 4.39 Å². The summed E-state index contributed by atoms with van der Waals surface area (Å²) in [6, 6.07) is 2.89. The van der Waals surface area contributed by atoms with E-state index < -0.39 is 5.91 Å². The number of nitrogens with one attached hydrogen (secondary N) is 1. The Bertz CT molecular complexity index is 546. The summed E-state index contributed by atoms with van der Waals surface area (Å²) >= 11 is 0. The molecule has 3 rings (SSSR count). The Morgan fingerprint density at radius 1 is 1.53 bits per heavy atom. The van der Waals surface area contributed by atoms with Crippen molar-refractivity contribution in [2.24, 2.45) is 0 Å². The summed E-state index contributed by atoms with van der Waals surface area (Å²) in [5.41, 5.74) is 3.35. The molecule has 1 aromatic carbocycles. The molecule has 0 spiro atoms. The maximum absolute atomic E-state index is 14.2. The molecule has 1 amide bonds. The Balaban J connectivity index is 2.03. The van der Waals surface area contributed by atoms with Crippen molar-refractivity contribution in [3.05, 3.63) is 34.6 Å². The van der Waals surface area contributed by atoms with Crippen LogP contribution >= 0.6 is 0 Å². The largest absolute Gasteiger partial charge is 0.293 e. The molecule has 4 nitrogen and oxygen atoms in total. The fourth-order valence-electron chi connectivity index (χ4n) is 3.36. The number of fused-ring (bicyclic) bond motifs is 2. The lowest BCUT2D eigenvalue weighted by Gasteiger charge is -2.40. The maximum Gasteiger partial charge on any atom is 0.274 e. The Kier molecular flexibility index (Phi) is 2.83. The highest BCUT2D eigenvalue weighted by Crippen LogP contribution is 2.39. The van der Waals surface area contributed by atoms with Gasteiger partial charge in [-0.25, -0.2) is 9.87 Å². The van der Waals surface area contributed by atoms with E-state index in [4.69, 9.17) is 5.21 Å². The third-order valence-corrected chi connectivity index (χ3v) is 4.48. The zero-order valence-corrected chi connectivity index (χ0v) is 10.9. The van der Waals surface area contributed by atoms with Gasteiger partial charge in [-0.2, -0.15) is 0 Å². The van der Waals surface area contributed by atoms with E-state index in [-0.39, 0.29) is 16.9 Å². The first kappa shape index (κ1) is 12.6. The average molecular weight is 264 g/mol. The van der Waals surface area contributed by atoms with E-state index in [1.54, 1.807) is 11.5 Å². The lowest BCUT2D eigenvalue weighted by molar-refractivity contribution is 0.0705. The van der Waals surface area contributed by atoms with E-state index in [1.807, 2.05) is 0 Å². The molecule has 0 radical (unpaired) electrons. The van der Waals surface area contributed by atoms with Crippen molar-refractivity contribution in [2.75, 3.05) is 6.54 Å². The molecule has 1 fully saturated rings.